The lowest BCUT2D eigenvalue weighted by molar-refractivity contribution is -0.125. The van der Waals surface area contributed by atoms with Gasteiger partial charge in [-0.25, -0.2) is 0 Å². The number of carbonyl (C=O) groups is 1. The number of hydrogen-bond donors (Lipinski definition) is 3. The Labute approximate surface area is 158 Å². The summed E-state index contributed by atoms with van der Waals surface area (Å²) in [6.45, 7) is 13.6. The van der Waals surface area contributed by atoms with E-state index in [1.807, 2.05) is 20.8 Å². The molecule has 4 N–H and O–H groups in total. The Bertz CT molecular complexity index is 390. The van der Waals surface area contributed by atoms with E-state index in [0.29, 0.717) is 18.6 Å². The van der Waals surface area contributed by atoms with E-state index in [1.54, 1.807) is 0 Å². The number of nitrogens with one attached hydrogen (secondary N) is 2. The van der Waals surface area contributed by atoms with Crippen molar-refractivity contribution in [2.45, 2.75) is 59.5 Å². The lowest BCUT2D eigenvalue weighted by Crippen LogP contribution is -2.50. The number of primary amides is 1. The highest BCUT2D eigenvalue weighted by molar-refractivity contribution is 14.0. The second-order valence-electron chi connectivity index (χ2n) is 6.99. The largest absolute Gasteiger partial charge is 0.369 e. The van der Waals surface area contributed by atoms with E-state index in [0.717, 1.165) is 38.4 Å². The summed E-state index contributed by atoms with van der Waals surface area (Å²) >= 11 is 0. The zero-order valence-corrected chi connectivity index (χ0v) is 17.5. The molecule has 1 aliphatic rings. The van der Waals surface area contributed by atoms with Gasteiger partial charge in [-0.2, -0.15) is 0 Å². The average molecular weight is 439 g/mol. The van der Waals surface area contributed by atoms with Crippen LogP contribution in [-0.4, -0.2) is 55.0 Å². The van der Waals surface area contributed by atoms with Gasteiger partial charge in [0.15, 0.2) is 5.96 Å². The van der Waals surface area contributed by atoms with Crippen molar-refractivity contribution in [3.8, 4) is 0 Å². The zero-order valence-electron chi connectivity index (χ0n) is 15.2. The number of aliphatic imine (C=N–C) groups is 1. The SMILES string of the molecule is CCNC(=NCC(C)(C)C(N)=O)NC1CCN(C(C)C)CC1.I. The molecule has 136 valence electrons. The Hall–Kier alpha value is -0.570. The first-order valence-electron chi connectivity index (χ1n) is 8.35. The van der Waals surface area contributed by atoms with Crippen LogP contribution in [-0.2, 0) is 4.79 Å². The quantitative estimate of drug-likeness (QED) is 0.333. The number of nitrogens with two attached hydrogens (primary N) is 1. The molecule has 1 fully saturated rings. The van der Waals surface area contributed by atoms with Crippen molar-refractivity contribution in [2.24, 2.45) is 16.1 Å². The van der Waals surface area contributed by atoms with Crippen LogP contribution in [0.25, 0.3) is 0 Å². The molecule has 0 aliphatic carbocycles. The molecule has 0 saturated carbocycles. The van der Waals surface area contributed by atoms with E-state index in [1.165, 1.54) is 0 Å². The van der Waals surface area contributed by atoms with E-state index in [4.69, 9.17) is 5.73 Å². The highest BCUT2D eigenvalue weighted by Gasteiger charge is 2.25. The van der Waals surface area contributed by atoms with Gasteiger partial charge in [-0.05, 0) is 47.5 Å². The lowest BCUT2D eigenvalue weighted by atomic mass is 9.93. The molecule has 6 nitrogen and oxygen atoms in total. The first-order chi connectivity index (χ1) is 10.3. The fraction of sp³-hybridized carbons (Fsp3) is 0.875. The maximum atomic E-state index is 11.4. The van der Waals surface area contributed by atoms with Crippen molar-refractivity contribution in [3.63, 3.8) is 0 Å². The predicted molar refractivity (Wildman–Crippen MR) is 107 cm³/mol. The number of rotatable bonds is 6. The second kappa shape index (κ2) is 10.3. The van der Waals surface area contributed by atoms with Crippen LogP contribution in [0.5, 0.6) is 0 Å². The fourth-order valence-corrected chi connectivity index (χ4v) is 2.43. The van der Waals surface area contributed by atoms with Crippen LogP contribution < -0.4 is 16.4 Å². The standard InChI is InChI=1S/C16H33N5O.HI/c1-6-18-15(19-11-16(4,5)14(17)22)20-13-7-9-21(10-8-13)12(2)3;/h12-13H,6-11H2,1-5H3,(H2,17,22)(H2,18,19,20);1H. The highest BCUT2D eigenvalue weighted by Crippen LogP contribution is 2.15. The molecule has 1 heterocycles. The first-order valence-corrected chi connectivity index (χ1v) is 8.35. The summed E-state index contributed by atoms with van der Waals surface area (Å²) in [7, 11) is 0. The third-order valence-electron chi connectivity index (χ3n) is 4.24. The maximum absolute atomic E-state index is 11.4. The molecular weight excluding hydrogens is 405 g/mol. The summed E-state index contributed by atoms with van der Waals surface area (Å²) in [5.74, 6) is 0.456. The van der Waals surface area contributed by atoms with E-state index < -0.39 is 5.41 Å². The Morgan fingerprint density at radius 3 is 2.35 bits per heavy atom. The van der Waals surface area contributed by atoms with Gasteiger partial charge in [0.2, 0.25) is 5.91 Å². The highest BCUT2D eigenvalue weighted by atomic mass is 127. The minimum absolute atomic E-state index is 0. The third kappa shape index (κ3) is 7.69. The molecule has 0 atom stereocenters. The molecule has 1 saturated heterocycles. The summed E-state index contributed by atoms with van der Waals surface area (Å²) in [5.41, 5.74) is 4.78. The fourth-order valence-electron chi connectivity index (χ4n) is 2.43. The Kier molecular flexibility index (Phi) is 10.1. The van der Waals surface area contributed by atoms with Crippen LogP contribution in [0.15, 0.2) is 4.99 Å². The summed E-state index contributed by atoms with van der Waals surface area (Å²) in [5, 5.41) is 6.74. The molecule has 1 amide bonds. The molecule has 0 aromatic heterocycles. The summed E-state index contributed by atoms with van der Waals surface area (Å²) in [6.07, 6.45) is 2.23. The van der Waals surface area contributed by atoms with Gasteiger partial charge >= 0.3 is 0 Å². The van der Waals surface area contributed by atoms with Crippen molar-refractivity contribution in [3.05, 3.63) is 0 Å². The normalized spacial score (nSPS) is 17.7. The molecule has 23 heavy (non-hydrogen) atoms. The van der Waals surface area contributed by atoms with Crippen LogP contribution >= 0.6 is 24.0 Å². The van der Waals surface area contributed by atoms with Crippen molar-refractivity contribution in [1.29, 1.82) is 0 Å². The monoisotopic (exact) mass is 439 g/mol. The van der Waals surface area contributed by atoms with Crippen LogP contribution in [0.4, 0.5) is 0 Å². The lowest BCUT2D eigenvalue weighted by Gasteiger charge is -2.35. The van der Waals surface area contributed by atoms with Crippen molar-refractivity contribution in [1.82, 2.24) is 15.5 Å². The number of amides is 1. The maximum Gasteiger partial charge on any atom is 0.224 e. The van der Waals surface area contributed by atoms with Gasteiger partial charge in [0.05, 0.1) is 12.0 Å². The van der Waals surface area contributed by atoms with Crippen LogP contribution in [0.3, 0.4) is 0 Å². The summed E-state index contributed by atoms with van der Waals surface area (Å²) < 4.78 is 0. The number of likely N-dealkylation sites (tertiary alicyclic amines) is 1. The smallest absolute Gasteiger partial charge is 0.224 e. The van der Waals surface area contributed by atoms with Crippen LogP contribution in [0.2, 0.25) is 0 Å². The predicted octanol–water partition coefficient (Wildman–Crippen LogP) is 1.54. The Balaban J connectivity index is 0.00000484. The van der Waals surface area contributed by atoms with Crippen LogP contribution in [0, 0.1) is 5.41 Å². The number of piperidine rings is 1. The summed E-state index contributed by atoms with van der Waals surface area (Å²) in [6, 6.07) is 1.05. The van der Waals surface area contributed by atoms with Gasteiger partial charge in [-0.1, -0.05) is 0 Å². The minimum atomic E-state index is -0.622. The molecule has 0 aromatic rings. The molecule has 0 bridgehead atoms. The third-order valence-corrected chi connectivity index (χ3v) is 4.24. The summed E-state index contributed by atoms with van der Waals surface area (Å²) in [4.78, 5) is 18.4. The van der Waals surface area contributed by atoms with Crippen molar-refractivity contribution >= 4 is 35.8 Å². The van der Waals surface area contributed by atoms with Gasteiger partial charge in [0.25, 0.3) is 0 Å². The van der Waals surface area contributed by atoms with Crippen molar-refractivity contribution < 1.29 is 4.79 Å². The van der Waals surface area contributed by atoms with Gasteiger partial charge < -0.3 is 21.3 Å². The number of carbonyl (C=O) groups excluding carboxylic acids is 1. The molecule has 0 aromatic carbocycles. The first kappa shape index (κ1) is 22.4. The van der Waals surface area contributed by atoms with E-state index in [-0.39, 0.29) is 29.9 Å². The van der Waals surface area contributed by atoms with Gasteiger partial charge in [-0.3, -0.25) is 9.79 Å². The average Bonchev–Trinajstić information content (AvgIpc) is 2.45. The minimum Gasteiger partial charge on any atom is -0.369 e. The Morgan fingerprint density at radius 1 is 1.35 bits per heavy atom. The molecular formula is C16H34IN5O. The molecule has 1 aliphatic heterocycles. The number of halogens is 1. The van der Waals surface area contributed by atoms with Gasteiger partial charge in [-0.15, -0.1) is 24.0 Å². The number of guanidine groups is 1. The zero-order chi connectivity index (χ0) is 16.8. The van der Waals surface area contributed by atoms with Gasteiger partial charge in [0.1, 0.15) is 0 Å². The molecule has 0 radical (unpaired) electrons. The second-order valence-corrected chi connectivity index (χ2v) is 6.99. The topological polar surface area (TPSA) is 82.7 Å². The molecule has 1 rings (SSSR count). The van der Waals surface area contributed by atoms with E-state index in [2.05, 4.69) is 34.4 Å². The molecule has 7 heteroatoms. The molecule has 0 spiro atoms. The number of nitrogens with zero attached hydrogens (tertiary/aromatic N) is 2. The van der Waals surface area contributed by atoms with Crippen LogP contribution in [0.1, 0.15) is 47.5 Å². The van der Waals surface area contributed by atoms with E-state index >= 15 is 0 Å². The number of hydrogen-bond acceptors (Lipinski definition) is 3. The van der Waals surface area contributed by atoms with Gasteiger partial charge in [0, 0.05) is 31.7 Å². The van der Waals surface area contributed by atoms with Crippen molar-refractivity contribution in [2.75, 3.05) is 26.2 Å². The molecule has 0 unspecified atom stereocenters. The Morgan fingerprint density at radius 2 is 1.91 bits per heavy atom. The van der Waals surface area contributed by atoms with E-state index in [9.17, 15) is 4.79 Å².